The molecule has 0 aliphatic rings. The van der Waals surface area contributed by atoms with Crippen molar-refractivity contribution in [2.75, 3.05) is 0 Å². The third-order valence-corrected chi connectivity index (χ3v) is 4.29. The van der Waals surface area contributed by atoms with Gasteiger partial charge < -0.3 is 13.6 Å². The molecule has 0 bridgehead atoms. The molecule has 4 aromatic rings. The van der Waals surface area contributed by atoms with Gasteiger partial charge in [0.2, 0.25) is 0 Å². The first-order valence-electron chi connectivity index (χ1n) is 8.35. The minimum atomic E-state index is -0.409. The standard InChI is InChI=1S/C21H16O5/c1-2-13-3-7-17-15(10-21(23)26-19(17)9-13)12-24-16-6-4-14-5-8-20(22)25-18(14)11-16/h3-11H,2,12H2,1H3. The van der Waals surface area contributed by atoms with Crippen LogP contribution in [0.5, 0.6) is 5.75 Å². The van der Waals surface area contributed by atoms with Crippen molar-refractivity contribution in [1.82, 2.24) is 0 Å². The minimum Gasteiger partial charge on any atom is -0.489 e. The van der Waals surface area contributed by atoms with E-state index in [1.807, 2.05) is 31.2 Å². The molecule has 0 N–H and O–H groups in total. The van der Waals surface area contributed by atoms with Crippen LogP contribution in [0, 0.1) is 0 Å². The van der Waals surface area contributed by atoms with E-state index in [-0.39, 0.29) is 6.61 Å². The van der Waals surface area contributed by atoms with Crippen molar-refractivity contribution in [3.8, 4) is 5.75 Å². The first-order valence-corrected chi connectivity index (χ1v) is 8.35. The summed E-state index contributed by atoms with van der Waals surface area (Å²) >= 11 is 0. The molecule has 2 aromatic heterocycles. The van der Waals surface area contributed by atoms with E-state index in [9.17, 15) is 9.59 Å². The van der Waals surface area contributed by atoms with E-state index in [1.54, 1.807) is 18.2 Å². The number of hydrogen-bond donors (Lipinski definition) is 0. The maximum Gasteiger partial charge on any atom is 0.336 e. The second-order valence-corrected chi connectivity index (χ2v) is 6.02. The fraction of sp³-hybridized carbons (Fsp3) is 0.143. The number of ether oxygens (including phenoxy) is 1. The van der Waals surface area contributed by atoms with Gasteiger partial charge in [-0.15, -0.1) is 0 Å². The summed E-state index contributed by atoms with van der Waals surface area (Å²) < 4.78 is 16.3. The molecular weight excluding hydrogens is 332 g/mol. The molecule has 0 saturated heterocycles. The van der Waals surface area contributed by atoms with Crippen LogP contribution in [0.25, 0.3) is 21.9 Å². The highest BCUT2D eigenvalue weighted by molar-refractivity contribution is 5.81. The molecule has 0 radical (unpaired) electrons. The molecule has 0 unspecified atom stereocenters. The molecule has 0 aliphatic carbocycles. The highest BCUT2D eigenvalue weighted by Crippen LogP contribution is 2.23. The maximum atomic E-state index is 11.9. The lowest BCUT2D eigenvalue weighted by molar-refractivity contribution is 0.306. The summed E-state index contributed by atoms with van der Waals surface area (Å²) in [6.07, 6.45) is 0.864. The summed E-state index contributed by atoms with van der Waals surface area (Å²) in [7, 11) is 0. The summed E-state index contributed by atoms with van der Waals surface area (Å²) in [5.41, 5.74) is 2.04. The van der Waals surface area contributed by atoms with Gasteiger partial charge in [0, 0.05) is 34.5 Å². The third kappa shape index (κ3) is 3.11. The Morgan fingerprint density at radius 1 is 0.846 bits per heavy atom. The average Bonchev–Trinajstić information content (AvgIpc) is 2.65. The van der Waals surface area contributed by atoms with Crippen molar-refractivity contribution in [2.24, 2.45) is 0 Å². The van der Waals surface area contributed by atoms with Gasteiger partial charge in [-0.25, -0.2) is 9.59 Å². The molecule has 0 spiro atoms. The number of benzene rings is 2. The Kier molecular flexibility index (Phi) is 4.05. The Hall–Kier alpha value is -3.34. The van der Waals surface area contributed by atoms with Crippen LogP contribution in [0.3, 0.4) is 0 Å². The van der Waals surface area contributed by atoms with Crippen molar-refractivity contribution in [1.29, 1.82) is 0 Å². The number of rotatable bonds is 4. The van der Waals surface area contributed by atoms with E-state index in [2.05, 4.69) is 0 Å². The fourth-order valence-corrected chi connectivity index (χ4v) is 2.91. The average molecular weight is 348 g/mol. The molecule has 2 heterocycles. The van der Waals surface area contributed by atoms with Crippen molar-refractivity contribution in [2.45, 2.75) is 20.0 Å². The summed E-state index contributed by atoms with van der Waals surface area (Å²) in [5, 5.41) is 1.66. The van der Waals surface area contributed by atoms with Gasteiger partial charge >= 0.3 is 11.3 Å². The highest BCUT2D eigenvalue weighted by atomic mass is 16.5. The molecule has 0 amide bonds. The Morgan fingerprint density at radius 3 is 2.50 bits per heavy atom. The molecule has 5 nitrogen and oxygen atoms in total. The van der Waals surface area contributed by atoms with Crippen LogP contribution >= 0.6 is 0 Å². The van der Waals surface area contributed by atoms with Gasteiger partial charge in [-0.05, 0) is 36.2 Å². The van der Waals surface area contributed by atoms with Gasteiger partial charge in [0.05, 0.1) is 0 Å². The molecule has 0 fully saturated rings. The smallest absolute Gasteiger partial charge is 0.336 e. The lowest BCUT2D eigenvalue weighted by atomic mass is 10.1. The van der Waals surface area contributed by atoms with Crippen LogP contribution in [0.1, 0.15) is 18.1 Å². The third-order valence-electron chi connectivity index (χ3n) is 4.29. The second kappa shape index (κ2) is 6.52. The summed E-state index contributed by atoms with van der Waals surface area (Å²) in [6.45, 7) is 2.25. The monoisotopic (exact) mass is 348 g/mol. The predicted octanol–water partition coefficient (Wildman–Crippen LogP) is 4.04. The molecule has 0 aliphatic heterocycles. The number of hydrogen-bond acceptors (Lipinski definition) is 5. The van der Waals surface area contributed by atoms with Crippen molar-refractivity contribution >= 4 is 21.9 Å². The van der Waals surface area contributed by atoms with Crippen LogP contribution in [-0.4, -0.2) is 0 Å². The van der Waals surface area contributed by atoms with Gasteiger partial charge in [0.15, 0.2) is 0 Å². The van der Waals surface area contributed by atoms with Gasteiger partial charge in [-0.1, -0.05) is 19.1 Å². The zero-order valence-electron chi connectivity index (χ0n) is 14.2. The number of fused-ring (bicyclic) bond motifs is 2. The van der Waals surface area contributed by atoms with Gasteiger partial charge in [0.1, 0.15) is 23.5 Å². The number of aryl methyl sites for hydroxylation is 1. The minimum absolute atomic E-state index is 0.205. The van der Waals surface area contributed by atoms with Crippen LogP contribution in [0.2, 0.25) is 0 Å². The Labute approximate surface area is 148 Å². The SMILES string of the molecule is CCc1ccc2c(COc3ccc4ccc(=O)oc4c3)cc(=O)oc2c1. The Balaban J connectivity index is 1.67. The molecule has 130 valence electrons. The topological polar surface area (TPSA) is 69.7 Å². The fourth-order valence-electron chi connectivity index (χ4n) is 2.91. The van der Waals surface area contributed by atoms with E-state index >= 15 is 0 Å². The van der Waals surface area contributed by atoms with Crippen molar-refractivity contribution in [3.05, 3.63) is 86.6 Å². The molecule has 26 heavy (non-hydrogen) atoms. The van der Waals surface area contributed by atoms with Gasteiger partial charge in [-0.2, -0.15) is 0 Å². The van der Waals surface area contributed by atoms with E-state index in [1.165, 1.54) is 12.1 Å². The van der Waals surface area contributed by atoms with E-state index in [0.29, 0.717) is 16.9 Å². The highest BCUT2D eigenvalue weighted by Gasteiger charge is 2.08. The largest absolute Gasteiger partial charge is 0.489 e. The first-order chi connectivity index (χ1) is 12.6. The van der Waals surface area contributed by atoms with E-state index < -0.39 is 11.3 Å². The summed E-state index contributed by atoms with van der Waals surface area (Å²) in [5.74, 6) is 0.554. The van der Waals surface area contributed by atoms with Crippen LogP contribution < -0.4 is 16.0 Å². The van der Waals surface area contributed by atoms with Crippen molar-refractivity contribution < 1.29 is 13.6 Å². The lowest BCUT2D eigenvalue weighted by Crippen LogP contribution is -2.04. The normalized spacial score (nSPS) is 11.1. The lowest BCUT2D eigenvalue weighted by Gasteiger charge is -2.09. The molecule has 0 saturated carbocycles. The summed E-state index contributed by atoms with van der Waals surface area (Å²) in [4.78, 5) is 23.2. The van der Waals surface area contributed by atoms with E-state index in [0.717, 1.165) is 28.3 Å². The zero-order chi connectivity index (χ0) is 18.1. The summed E-state index contributed by atoms with van der Waals surface area (Å²) in [6, 6.07) is 15.6. The van der Waals surface area contributed by atoms with Gasteiger partial charge in [0.25, 0.3) is 0 Å². The Morgan fingerprint density at radius 2 is 1.65 bits per heavy atom. The van der Waals surface area contributed by atoms with Crippen LogP contribution in [-0.2, 0) is 13.0 Å². The first kappa shape index (κ1) is 16.1. The molecule has 0 atom stereocenters. The van der Waals surface area contributed by atoms with Crippen molar-refractivity contribution in [3.63, 3.8) is 0 Å². The van der Waals surface area contributed by atoms with Crippen LogP contribution in [0.15, 0.2) is 73.0 Å². The predicted molar refractivity (Wildman–Crippen MR) is 98.7 cm³/mol. The maximum absolute atomic E-state index is 11.9. The zero-order valence-corrected chi connectivity index (χ0v) is 14.2. The van der Waals surface area contributed by atoms with Crippen LogP contribution in [0.4, 0.5) is 0 Å². The van der Waals surface area contributed by atoms with Gasteiger partial charge in [-0.3, -0.25) is 0 Å². The molecular formula is C21H16O5. The molecule has 5 heteroatoms. The quantitative estimate of drug-likeness (QED) is 0.521. The Bertz CT molecular complexity index is 1220. The second-order valence-electron chi connectivity index (χ2n) is 6.02. The van der Waals surface area contributed by atoms with E-state index in [4.69, 9.17) is 13.6 Å². The molecule has 4 rings (SSSR count). The molecule has 2 aromatic carbocycles.